The van der Waals surface area contributed by atoms with Crippen LogP contribution in [-0.4, -0.2) is 32.2 Å². The van der Waals surface area contributed by atoms with E-state index in [1.807, 2.05) is 13.8 Å². The molecule has 0 aliphatic carbocycles. The molecule has 5 heteroatoms. The molecule has 0 fully saturated rings. The zero-order valence-electron chi connectivity index (χ0n) is 11.0. The number of benzene rings is 1. The fourth-order valence-electron chi connectivity index (χ4n) is 1.36. The van der Waals surface area contributed by atoms with Gasteiger partial charge in [0.25, 0.3) is 0 Å². The second-order valence-corrected chi connectivity index (χ2v) is 4.10. The molecule has 2 N–H and O–H groups in total. The quantitative estimate of drug-likeness (QED) is 0.477. The number of hydrogen-bond acceptors (Lipinski definition) is 2. The summed E-state index contributed by atoms with van der Waals surface area (Å²) in [7, 11) is 1.71. The average molecular weight is 253 g/mol. The van der Waals surface area contributed by atoms with Gasteiger partial charge in [-0.05, 0) is 26.0 Å². The third kappa shape index (κ3) is 5.52. The molecule has 0 heterocycles. The predicted molar refractivity (Wildman–Crippen MR) is 71.5 cm³/mol. The maximum absolute atomic E-state index is 12.9. The summed E-state index contributed by atoms with van der Waals surface area (Å²) in [6, 6.07) is 6.42. The standard InChI is InChI=1S/C13H20FN3O/c1-10(2)17-13(15-3)16-7-8-18-12-6-4-5-11(14)9-12/h4-6,9-10H,7-8H2,1-3H3,(H2,15,16,17). The maximum Gasteiger partial charge on any atom is 0.191 e. The summed E-state index contributed by atoms with van der Waals surface area (Å²) in [5, 5.41) is 6.27. The Hall–Kier alpha value is -1.78. The maximum atomic E-state index is 12.9. The van der Waals surface area contributed by atoms with Crippen molar-refractivity contribution in [2.75, 3.05) is 20.2 Å². The SMILES string of the molecule is CN=C(NCCOc1cccc(F)c1)NC(C)C. The van der Waals surface area contributed by atoms with Gasteiger partial charge in [-0.3, -0.25) is 4.99 Å². The van der Waals surface area contributed by atoms with Gasteiger partial charge < -0.3 is 15.4 Å². The zero-order chi connectivity index (χ0) is 13.4. The summed E-state index contributed by atoms with van der Waals surface area (Å²) in [4.78, 5) is 4.07. The van der Waals surface area contributed by atoms with Crippen LogP contribution in [-0.2, 0) is 0 Å². The van der Waals surface area contributed by atoms with Gasteiger partial charge in [-0.15, -0.1) is 0 Å². The number of aliphatic imine (C=N–C) groups is 1. The minimum Gasteiger partial charge on any atom is -0.492 e. The fourth-order valence-corrected chi connectivity index (χ4v) is 1.36. The van der Waals surface area contributed by atoms with Crippen molar-refractivity contribution in [1.82, 2.24) is 10.6 Å². The van der Waals surface area contributed by atoms with Crippen LogP contribution in [0.4, 0.5) is 4.39 Å². The molecular formula is C13H20FN3O. The van der Waals surface area contributed by atoms with Gasteiger partial charge >= 0.3 is 0 Å². The van der Waals surface area contributed by atoms with Crippen molar-refractivity contribution in [2.45, 2.75) is 19.9 Å². The van der Waals surface area contributed by atoms with Crippen LogP contribution in [0, 0.1) is 5.82 Å². The molecule has 0 saturated heterocycles. The number of guanidine groups is 1. The van der Waals surface area contributed by atoms with Crippen LogP contribution >= 0.6 is 0 Å². The van der Waals surface area contributed by atoms with E-state index in [1.165, 1.54) is 12.1 Å². The smallest absolute Gasteiger partial charge is 0.191 e. The third-order valence-electron chi connectivity index (χ3n) is 2.11. The van der Waals surface area contributed by atoms with Crippen molar-refractivity contribution in [3.8, 4) is 5.75 Å². The molecule has 0 atom stereocenters. The fraction of sp³-hybridized carbons (Fsp3) is 0.462. The first-order chi connectivity index (χ1) is 8.61. The summed E-state index contributed by atoms with van der Waals surface area (Å²) < 4.78 is 18.3. The highest BCUT2D eigenvalue weighted by Gasteiger charge is 1.99. The highest BCUT2D eigenvalue weighted by molar-refractivity contribution is 5.79. The number of rotatable bonds is 5. The van der Waals surface area contributed by atoms with E-state index in [9.17, 15) is 4.39 Å². The molecule has 4 nitrogen and oxygen atoms in total. The molecule has 100 valence electrons. The van der Waals surface area contributed by atoms with Crippen molar-refractivity contribution < 1.29 is 9.13 Å². The summed E-state index contributed by atoms with van der Waals surface area (Å²) in [6.07, 6.45) is 0. The van der Waals surface area contributed by atoms with Crippen LogP contribution < -0.4 is 15.4 Å². The molecule has 1 aromatic carbocycles. The monoisotopic (exact) mass is 253 g/mol. The lowest BCUT2D eigenvalue weighted by molar-refractivity contribution is 0.320. The van der Waals surface area contributed by atoms with Gasteiger partial charge in [0.2, 0.25) is 0 Å². The first kappa shape index (κ1) is 14.3. The predicted octanol–water partition coefficient (Wildman–Crippen LogP) is 1.78. The van der Waals surface area contributed by atoms with Crippen LogP contribution in [0.2, 0.25) is 0 Å². The Balaban J connectivity index is 2.26. The molecule has 0 radical (unpaired) electrons. The molecule has 0 aliphatic heterocycles. The average Bonchev–Trinajstić information content (AvgIpc) is 2.32. The van der Waals surface area contributed by atoms with Gasteiger partial charge in [-0.1, -0.05) is 6.07 Å². The highest BCUT2D eigenvalue weighted by Crippen LogP contribution is 2.11. The number of ether oxygens (including phenoxy) is 1. The first-order valence-electron chi connectivity index (χ1n) is 5.97. The summed E-state index contributed by atoms with van der Waals surface area (Å²) in [5.74, 6) is 0.967. The van der Waals surface area contributed by atoms with Gasteiger partial charge in [0.1, 0.15) is 18.2 Å². The van der Waals surface area contributed by atoms with E-state index in [4.69, 9.17) is 4.74 Å². The largest absolute Gasteiger partial charge is 0.492 e. The van der Waals surface area contributed by atoms with E-state index in [0.29, 0.717) is 24.9 Å². The van der Waals surface area contributed by atoms with Crippen LogP contribution in [0.3, 0.4) is 0 Å². The highest BCUT2D eigenvalue weighted by atomic mass is 19.1. The van der Waals surface area contributed by atoms with Crippen molar-refractivity contribution in [1.29, 1.82) is 0 Å². The van der Waals surface area contributed by atoms with Crippen LogP contribution in [0.1, 0.15) is 13.8 Å². The van der Waals surface area contributed by atoms with E-state index in [-0.39, 0.29) is 5.82 Å². The molecular weight excluding hydrogens is 233 g/mol. The summed E-state index contributed by atoms with van der Waals surface area (Å²) >= 11 is 0. The Morgan fingerprint density at radius 2 is 2.22 bits per heavy atom. The van der Waals surface area contributed by atoms with Crippen LogP contribution in [0.25, 0.3) is 0 Å². The molecule has 0 aliphatic rings. The Morgan fingerprint density at radius 1 is 1.44 bits per heavy atom. The first-order valence-corrected chi connectivity index (χ1v) is 5.97. The van der Waals surface area contributed by atoms with Gasteiger partial charge in [-0.25, -0.2) is 4.39 Å². The molecule has 0 aromatic heterocycles. The molecule has 1 rings (SSSR count). The van der Waals surface area contributed by atoms with Gasteiger partial charge in [0.15, 0.2) is 5.96 Å². The topological polar surface area (TPSA) is 45.7 Å². The second-order valence-electron chi connectivity index (χ2n) is 4.10. The van der Waals surface area contributed by atoms with E-state index >= 15 is 0 Å². The lowest BCUT2D eigenvalue weighted by Gasteiger charge is -2.14. The summed E-state index contributed by atoms with van der Waals surface area (Å²) in [6.45, 7) is 5.12. The lowest BCUT2D eigenvalue weighted by Crippen LogP contribution is -2.42. The molecule has 0 bridgehead atoms. The van der Waals surface area contributed by atoms with Crippen LogP contribution in [0.15, 0.2) is 29.3 Å². The Bertz CT molecular complexity index is 394. The minimum absolute atomic E-state index is 0.294. The number of nitrogens with zero attached hydrogens (tertiary/aromatic N) is 1. The number of nitrogens with one attached hydrogen (secondary N) is 2. The number of hydrogen-bond donors (Lipinski definition) is 2. The third-order valence-corrected chi connectivity index (χ3v) is 2.11. The van der Waals surface area contributed by atoms with E-state index in [0.717, 1.165) is 5.96 Å². The molecule has 0 amide bonds. The van der Waals surface area contributed by atoms with E-state index < -0.39 is 0 Å². The van der Waals surface area contributed by atoms with Gasteiger partial charge in [0, 0.05) is 19.2 Å². The van der Waals surface area contributed by atoms with Crippen molar-refractivity contribution >= 4 is 5.96 Å². The van der Waals surface area contributed by atoms with Crippen molar-refractivity contribution in [3.05, 3.63) is 30.1 Å². The minimum atomic E-state index is -0.294. The van der Waals surface area contributed by atoms with Gasteiger partial charge in [0.05, 0.1) is 6.54 Å². The lowest BCUT2D eigenvalue weighted by atomic mass is 10.3. The summed E-state index contributed by atoms with van der Waals surface area (Å²) in [5.41, 5.74) is 0. The van der Waals surface area contributed by atoms with Crippen molar-refractivity contribution in [3.63, 3.8) is 0 Å². The zero-order valence-corrected chi connectivity index (χ0v) is 11.0. The second kappa shape index (κ2) is 7.53. The molecule has 0 unspecified atom stereocenters. The molecule has 1 aromatic rings. The molecule has 0 saturated carbocycles. The Kier molecular flexibility index (Phi) is 5.97. The molecule has 0 spiro atoms. The number of halogens is 1. The molecule has 18 heavy (non-hydrogen) atoms. The van der Waals surface area contributed by atoms with Gasteiger partial charge in [-0.2, -0.15) is 0 Å². The Morgan fingerprint density at radius 3 is 2.83 bits per heavy atom. The van der Waals surface area contributed by atoms with Crippen LogP contribution in [0.5, 0.6) is 5.75 Å². The van der Waals surface area contributed by atoms with Crippen molar-refractivity contribution in [2.24, 2.45) is 4.99 Å². The normalized spacial score (nSPS) is 11.5. The Labute approximate surface area is 107 Å². The van der Waals surface area contributed by atoms with E-state index in [1.54, 1.807) is 19.2 Å². The van der Waals surface area contributed by atoms with E-state index in [2.05, 4.69) is 15.6 Å².